The van der Waals surface area contributed by atoms with Crippen molar-refractivity contribution in [1.82, 2.24) is 14.4 Å². The average molecular weight is 196 g/mol. The van der Waals surface area contributed by atoms with Gasteiger partial charge in [0, 0.05) is 18.1 Å². The summed E-state index contributed by atoms with van der Waals surface area (Å²) in [4.78, 5) is 8.59. The standard InChI is InChI=1S/C9H10ClN3/c1-6-4-11-7(2)9-12-8(3-10)5-13(6)9/h4-5H,3H2,1-2H3. The van der Waals surface area contributed by atoms with Crippen LogP contribution in [0.2, 0.25) is 0 Å². The fourth-order valence-corrected chi connectivity index (χ4v) is 1.46. The molecule has 68 valence electrons. The molecule has 0 aliphatic heterocycles. The highest BCUT2D eigenvalue weighted by Crippen LogP contribution is 2.11. The van der Waals surface area contributed by atoms with Gasteiger partial charge in [0.25, 0.3) is 0 Å². The largest absolute Gasteiger partial charge is 0.301 e. The van der Waals surface area contributed by atoms with Gasteiger partial charge in [-0.15, -0.1) is 11.6 Å². The number of hydrogen-bond donors (Lipinski definition) is 0. The summed E-state index contributed by atoms with van der Waals surface area (Å²) in [6.07, 6.45) is 3.79. The summed E-state index contributed by atoms with van der Waals surface area (Å²) in [5.74, 6) is 0.445. The summed E-state index contributed by atoms with van der Waals surface area (Å²) in [6.45, 7) is 3.94. The first-order chi connectivity index (χ1) is 6.22. The van der Waals surface area contributed by atoms with Gasteiger partial charge in [0.15, 0.2) is 5.65 Å². The van der Waals surface area contributed by atoms with Gasteiger partial charge in [-0.3, -0.25) is 4.98 Å². The third-order valence-electron chi connectivity index (χ3n) is 2.04. The maximum Gasteiger partial charge on any atom is 0.158 e. The van der Waals surface area contributed by atoms with Crippen LogP contribution in [0.5, 0.6) is 0 Å². The number of halogens is 1. The number of imidazole rings is 1. The Labute approximate surface area is 81.4 Å². The average Bonchev–Trinajstić information content (AvgIpc) is 2.56. The van der Waals surface area contributed by atoms with Crippen molar-refractivity contribution >= 4 is 17.2 Å². The van der Waals surface area contributed by atoms with Gasteiger partial charge in [0.2, 0.25) is 0 Å². The summed E-state index contributed by atoms with van der Waals surface area (Å²) in [6, 6.07) is 0. The summed E-state index contributed by atoms with van der Waals surface area (Å²) in [5, 5.41) is 0. The third-order valence-corrected chi connectivity index (χ3v) is 2.32. The second-order valence-corrected chi connectivity index (χ2v) is 3.31. The summed E-state index contributed by atoms with van der Waals surface area (Å²) < 4.78 is 2.01. The van der Waals surface area contributed by atoms with E-state index in [1.165, 1.54) is 0 Å². The van der Waals surface area contributed by atoms with Crippen LogP contribution in [0.1, 0.15) is 17.1 Å². The SMILES string of the molecule is Cc1ncc(C)n2cc(CCl)nc12. The fourth-order valence-electron chi connectivity index (χ4n) is 1.33. The van der Waals surface area contributed by atoms with Crippen LogP contribution in [0.25, 0.3) is 5.65 Å². The van der Waals surface area contributed by atoms with Gasteiger partial charge in [-0.25, -0.2) is 4.98 Å². The minimum atomic E-state index is 0.445. The highest BCUT2D eigenvalue weighted by atomic mass is 35.5. The molecule has 0 radical (unpaired) electrons. The first-order valence-corrected chi connectivity index (χ1v) is 4.62. The van der Waals surface area contributed by atoms with Crippen LogP contribution < -0.4 is 0 Å². The first-order valence-electron chi connectivity index (χ1n) is 4.08. The Morgan fingerprint density at radius 3 is 2.85 bits per heavy atom. The Bertz CT molecular complexity index is 408. The van der Waals surface area contributed by atoms with Crippen LogP contribution in [0, 0.1) is 13.8 Å². The molecule has 0 saturated heterocycles. The molecule has 0 fully saturated rings. The highest BCUT2D eigenvalue weighted by Gasteiger charge is 2.05. The maximum absolute atomic E-state index is 5.71. The normalized spacial score (nSPS) is 11.0. The molecule has 4 heteroatoms. The molecule has 0 N–H and O–H groups in total. The molecule has 0 aliphatic carbocycles. The first kappa shape index (κ1) is 8.51. The second kappa shape index (κ2) is 3.00. The Kier molecular flexibility index (Phi) is 1.96. The lowest BCUT2D eigenvalue weighted by molar-refractivity contribution is 1.02. The molecule has 3 nitrogen and oxygen atoms in total. The van der Waals surface area contributed by atoms with E-state index < -0.39 is 0 Å². The zero-order chi connectivity index (χ0) is 9.42. The van der Waals surface area contributed by atoms with Gasteiger partial charge in [0.05, 0.1) is 17.3 Å². The van der Waals surface area contributed by atoms with Crippen molar-refractivity contribution in [2.75, 3.05) is 0 Å². The Hall–Kier alpha value is -1.09. The Morgan fingerprint density at radius 2 is 2.23 bits per heavy atom. The smallest absolute Gasteiger partial charge is 0.158 e. The number of aromatic nitrogens is 3. The van der Waals surface area contributed by atoms with Crippen molar-refractivity contribution in [2.45, 2.75) is 19.7 Å². The van der Waals surface area contributed by atoms with Gasteiger partial charge in [-0.1, -0.05) is 0 Å². The van der Waals surface area contributed by atoms with Crippen LogP contribution >= 0.6 is 11.6 Å². The van der Waals surface area contributed by atoms with Gasteiger partial charge in [-0.05, 0) is 13.8 Å². The summed E-state index contributed by atoms with van der Waals surface area (Å²) in [5.41, 5.74) is 3.79. The minimum absolute atomic E-state index is 0.445. The van der Waals surface area contributed by atoms with Crippen molar-refractivity contribution < 1.29 is 0 Å². The van der Waals surface area contributed by atoms with Crippen molar-refractivity contribution in [3.05, 3.63) is 29.5 Å². The zero-order valence-electron chi connectivity index (χ0n) is 7.58. The van der Waals surface area contributed by atoms with E-state index >= 15 is 0 Å². The quantitative estimate of drug-likeness (QED) is 0.653. The minimum Gasteiger partial charge on any atom is -0.301 e. The number of fused-ring (bicyclic) bond motifs is 1. The summed E-state index contributed by atoms with van der Waals surface area (Å²) >= 11 is 5.71. The number of aryl methyl sites for hydroxylation is 2. The second-order valence-electron chi connectivity index (χ2n) is 3.04. The lowest BCUT2D eigenvalue weighted by Gasteiger charge is -1.99. The van der Waals surface area contributed by atoms with E-state index in [-0.39, 0.29) is 0 Å². The van der Waals surface area contributed by atoms with E-state index in [2.05, 4.69) is 9.97 Å². The van der Waals surface area contributed by atoms with Crippen LogP contribution in [0.3, 0.4) is 0 Å². The number of alkyl halides is 1. The molecule has 2 aromatic rings. The number of hydrogen-bond acceptors (Lipinski definition) is 2. The lowest BCUT2D eigenvalue weighted by atomic mass is 10.4. The van der Waals surface area contributed by atoms with Gasteiger partial charge in [-0.2, -0.15) is 0 Å². The van der Waals surface area contributed by atoms with Crippen molar-refractivity contribution in [3.63, 3.8) is 0 Å². The van der Waals surface area contributed by atoms with Crippen molar-refractivity contribution in [1.29, 1.82) is 0 Å². The molecule has 0 saturated carbocycles. The Morgan fingerprint density at radius 1 is 1.46 bits per heavy atom. The van der Waals surface area contributed by atoms with E-state index in [0.29, 0.717) is 5.88 Å². The lowest BCUT2D eigenvalue weighted by Crippen LogP contribution is -1.94. The molecule has 2 rings (SSSR count). The molecule has 2 aromatic heterocycles. The number of rotatable bonds is 1. The highest BCUT2D eigenvalue weighted by molar-refractivity contribution is 6.16. The van der Waals surface area contributed by atoms with E-state index in [1.807, 2.05) is 30.6 Å². The van der Waals surface area contributed by atoms with E-state index in [1.54, 1.807) is 0 Å². The van der Waals surface area contributed by atoms with E-state index in [4.69, 9.17) is 11.6 Å². The van der Waals surface area contributed by atoms with Crippen molar-refractivity contribution in [3.8, 4) is 0 Å². The Balaban J connectivity index is 2.80. The van der Waals surface area contributed by atoms with Gasteiger partial charge < -0.3 is 4.40 Å². The number of nitrogens with zero attached hydrogens (tertiary/aromatic N) is 3. The van der Waals surface area contributed by atoms with E-state index in [9.17, 15) is 0 Å². The predicted octanol–water partition coefficient (Wildman–Crippen LogP) is 2.08. The van der Waals surface area contributed by atoms with Crippen LogP contribution in [0.15, 0.2) is 12.4 Å². The maximum atomic E-state index is 5.71. The van der Waals surface area contributed by atoms with E-state index in [0.717, 1.165) is 22.7 Å². The molecular formula is C9H10ClN3. The fraction of sp³-hybridized carbons (Fsp3) is 0.333. The van der Waals surface area contributed by atoms with Crippen LogP contribution in [0.4, 0.5) is 0 Å². The molecule has 2 heterocycles. The molecule has 0 aliphatic rings. The monoisotopic (exact) mass is 195 g/mol. The van der Waals surface area contributed by atoms with Crippen molar-refractivity contribution in [2.24, 2.45) is 0 Å². The molecule has 0 bridgehead atoms. The molecular weight excluding hydrogens is 186 g/mol. The molecule has 0 spiro atoms. The molecule has 0 atom stereocenters. The van der Waals surface area contributed by atoms with Crippen LogP contribution in [-0.2, 0) is 5.88 Å². The predicted molar refractivity (Wildman–Crippen MR) is 52.0 cm³/mol. The summed E-state index contributed by atoms with van der Waals surface area (Å²) in [7, 11) is 0. The molecule has 0 unspecified atom stereocenters. The third kappa shape index (κ3) is 1.29. The zero-order valence-corrected chi connectivity index (χ0v) is 8.34. The molecule has 13 heavy (non-hydrogen) atoms. The van der Waals surface area contributed by atoms with Gasteiger partial charge >= 0.3 is 0 Å². The molecule has 0 amide bonds. The molecule has 0 aromatic carbocycles. The van der Waals surface area contributed by atoms with Gasteiger partial charge in [0.1, 0.15) is 0 Å². The topological polar surface area (TPSA) is 30.2 Å². The van der Waals surface area contributed by atoms with Crippen LogP contribution in [-0.4, -0.2) is 14.4 Å².